The highest BCUT2D eigenvalue weighted by Crippen LogP contribution is 2.14. The lowest BCUT2D eigenvalue weighted by molar-refractivity contribution is -0.144. The summed E-state index contributed by atoms with van der Waals surface area (Å²) in [7, 11) is 1.23. The molecule has 1 aromatic carbocycles. The largest absolute Gasteiger partial charge is 0.467 e. The predicted molar refractivity (Wildman–Crippen MR) is 210 cm³/mol. The summed E-state index contributed by atoms with van der Waals surface area (Å²) in [5.41, 5.74) is 1.86. The molecular formula is C40H71N7O6. The molecule has 0 radical (unpaired) electrons. The quantitative estimate of drug-likeness (QED) is 0.222. The highest BCUT2D eigenvalue weighted by molar-refractivity contribution is 5.82. The van der Waals surface area contributed by atoms with Gasteiger partial charge in [-0.2, -0.15) is 0 Å². The fraction of sp³-hybridized carbons (Fsp3) is 0.775. The standard InChI is InChI=1S/C40H71N7O6/c1-40(2,3)53-38(49)44-36(37(48)51-4)33-52-39(50)47-28-14-22-41-19-9-5-8-12-26-46(29-30-47)32-35-17-15-34(16-18-35)31-45-25-11-7-6-10-20-42-23-24-43-21-13-27-45/h15-18,36,41-43H,5-14,19-33H2,1-4H3,(H,44,49). The molecule has 53 heavy (non-hydrogen) atoms. The number of benzene rings is 1. The molecule has 0 aromatic heterocycles. The van der Waals surface area contributed by atoms with Gasteiger partial charge < -0.3 is 40.4 Å². The molecule has 0 aliphatic carbocycles. The van der Waals surface area contributed by atoms with E-state index in [1.165, 1.54) is 56.8 Å². The van der Waals surface area contributed by atoms with Gasteiger partial charge in [0.05, 0.1) is 7.11 Å². The van der Waals surface area contributed by atoms with Gasteiger partial charge in [-0.1, -0.05) is 49.9 Å². The Kier molecular flexibility index (Phi) is 21.7. The first-order valence-electron chi connectivity index (χ1n) is 20.3. The molecule has 13 heteroatoms. The number of amides is 2. The average molecular weight is 746 g/mol. The normalized spacial score (nSPS) is 19.9. The summed E-state index contributed by atoms with van der Waals surface area (Å²) in [6.45, 7) is 17.5. The first-order valence-corrected chi connectivity index (χ1v) is 20.3. The van der Waals surface area contributed by atoms with Crippen LogP contribution in [0.25, 0.3) is 0 Å². The van der Waals surface area contributed by atoms with E-state index in [-0.39, 0.29) is 6.61 Å². The van der Waals surface area contributed by atoms with Crippen molar-refractivity contribution < 1.29 is 28.6 Å². The molecule has 302 valence electrons. The van der Waals surface area contributed by atoms with Crippen molar-refractivity contribution in [2.75, 3.05) is 92.3 Å². The molecule has 1 atom stereocenters. The molecule has 1 unspecified atom stereocenters. The van der Waals surface area contributed by atoms with Gasteiger partial charge in [0.1, 0.15) is 12.2 Å². The van der Waals surface area contributed by atoms with E-state index in [0.717, 1.165) is 97.7 Å². The SMILES string of the molecule is COC(=O)C(COC(=O)N1CCCNCCCCCCN(Cc2ccc(CN3CCCCCCNCCNCCC3)cc2)CC1)NC(=O)OC(C)(C)C. The van der Waals surface area contributed by atoms with Crippen LogP contribution in [-0.4, -0.2) is 137 Å². The number of alkyl carbamates (subject to hydrolysis) is 1. The molecule has 2 heterocycles. The topological polar surface area (TPSA) is 137 Å². The Labute approximate surface area is 319 Å². The zero-order chi connectivity index (χ0) is 38.2. The Morgan fingerprint density at radius 2 is 1.15 bits per heavy atom. The Morgan fingerprint density at radius 3 is 1.72 bits per heavy atom. The van der Waals surface area contributed by atoms with Crippen LogP contribution in [0.3, 0.4) is 0 Å². The van der Waals surface area contributed by atoms with Crippen LogP contribution in [0, 0.1) is 0 Å². The number of methoxy groups -OCH3 is 1. The van der Waals surface area contributed by atoms with Crippen molar-refractivity contribution in [1.29, 1.82) is 0 Å². The van der Waals surface area contributed by atoms with Gasteiger partial charge in [0.2, 0.25) is 0 Å². The third-order valence-electron chi connectivity index (χ3n) is 9.57. The molecule has 1 aromatic rings. The maximum atomic E-state index is 13.4. The Bertz CT molecular complexity index is 1150. The maximum Gasteiger partial charge on any atom is 0.409 e. The number of rotatable bonds is 8. The van der Waals surface area contributed by atoms with Gasteiger partial charge in [0.25, 0.3) is 0 Å². The second-order valence-electron chi connectivity index (χ2n) is 15.4. The van der Waals surface area contributed by atoms with Crippen molar-refractivity contribution >= 4 is 18.2 Å². The van der Waals surface area contributed by atoms with E-state index in [0.29, 0.717) is 19.6 Å². The Morgan fingerprint density at radius 1 is 0.660 bits per heavy atom. The van der Waals surface area contributed by atoms with E-state index < -0.39 is 29.8 Å². The Hall–Kier alpha value is -2.97. The Balaban J connectivity index is 1.60. The fourth-order valence-corrected chi connectivity index (χ4v) is 6.62. The molecule has 2 fully saturated rings. The van der Waals surface area contributed by atoms with Crippen LogP contribution in [0.15, 0.2) is 24.3 Å². The third-order valence-corrected chi connectivity index (χ3v) is 9.57. The van der Waals surface area contributed by atoms with Crippen molar-refractivity contribution in [2.45, 2.75) is 110 Å². The van der Waals surface area contributed by atoms with Crippen LogP contribution in [0.1, 0.15) is 96.1 Å². The van der Waals surface area contributed by atoms with Crippen LogP contribution in [0.5, 0.6) is 0 Å². The van der Waals surface area contributed by atoms with Crippen molar-refractivity contribution in [1.82, 2.24) is 36.0 Å². The van der Waals surface area contributed by atoms with Crippen LogP contribution in [-0.2, 0) is 32.1 Å². The van der Waals surface area contributed by atoms with Crippen molar-refractivity contribution in [3.63, 3.8) is 0 Å². The number of ether oxygens (including phenoxy) is 3. The minimum Gasteiger partial charge on any atom is -0.467 e. The smallest absolute Gasteiger partial charge is 0.409 e. The molecule has 2 aliphatic heterocycles. The molecule has 0 bridgehead atoms. The van der Waals surface area contributed by atoms with Gasteiger partial charge in [-0.25, -0.2) is 14.4 Å². The number of carbonyl (C=O) groups is 3. The molecular weight excluding hydrogens is 674 g/mol. The summed E-state index contributed by atoms with van der Waals surface area (Å²) >= 11 is 0. The molecule has 0 spiro atoms. The molecule has 4 N–H and O–H groups in total. The first kappa shape index (κ1) is 44.4. The second-order valence-corrected chi connectivity index (χ2v) is 15.4. The van der Waals surface area contributed by atoms with Gasteiger partial charge in [-0.15, -0.1) is 0 Å². The predicted octanol–water partition coefficient (Wildman–Crippen LogP) is 4.49. The zero-order valence-corrected chi connectivity index (χ0v) is 33.4. The van der Waals surface area contributed by atoms with Gasteiger partial charge in [-0.05, 0) is 116 Å². The number of nitrogens with zero attached hydrogens (tertiary/aromatic N) is 3. The number of carbonyl (C=O) groups excluding carboxylic acids is 3. The fourth-order valence-electron chi connectivity index (χ4n) is 6.62. The van der Waals surface area contributed by atoms with Gasteiger partial charge >= 0.3 is 18.2 Å². The molecule has 2 aliphatic rings. The molecule has 2 amide bonds. The highest BCUT2D eigenvalue weighted by atomic mass is 16.6. The number of esters is 1. The summed E-state index contributed by atoms with van der Waals surface area (Å²) in [5.74, 6) is -0.717. The summed E-state index contributed by atoms with van der Waals surface area (Å²) in [6.07, 6.45) is 10.3. The average Bonchev–Trinajstić information content (AvgIpc) is 3.12. The molecule has 0 saturated carbocycles. The summed E-state index contributed by atoms with van der Waals surface area (Å²) in [4.78, 5) is 45.0. The number of nitrogens with one attached hydrogen (secondary N) is 4. The first-order chi connectivity index (χ1) is 25.6. The van der Waals surface area contributed by atoms with E-state index in [2.05, 4.69) is 55.3 Å². The van der Waals surface area contributed by atoms with Crippen LogP contribution >= 0.6 is 0 Å². The maximum absolute atomic E-state index is 13.4. The van der Waals surface area contributed by atoms with E-state index in [1.54, 1.807) is 25.7 Å². The third kappa shape index (κ3) is 20.3. The van der Waals surface area contributed by atoms with E-state index in [4.69, 9.17) is 14.2 Å². The van der Waals surface area contributed by atoms with Crippen LogP contribution in [0.4, 0.5) is 9.59 Å². The van der Waals surface area contributed by atoms with Crippen molar-refractivity contribution in [3.05, 3.63) is 35.4 Å². The van der Waals surface area contributed by atoms with Crippen LogP contribution in [0.2, 0.25) is 0 Å². The molecule has 3 rings (SSSR count). The van der Waals surface area contributed by atoms with Crippen LogP contribution < -0.4 is 21.3 Å². The molecule has 13 nitrogen and oxygen atoms in total. The highest BCUT2D eigenvalue weighted by Gasteiger charge is 2.28. The lowest BCUT2D eigenvalue weighted by atomic mass is 10.1. The number of hydrogen-bond acceptors (Lipinski definition) is 11. The minimum absolute atomic E-state index is 0.360. The van der Waals surface area contributed by atoms with Crippen molar-refractivity contribution in [3.8, 4) is 0 Å². The monoisotopic (exact) mass is 746 g/mol. The van der Waals surface area contributed by atoms with Gasteiger partial charge in [0.15, 0.2) is 6.04 Å². The molecule has 2 saturated heterocycles. The lowest BCUT2D eigenvalue weighted by Gasteiger charge is -2.29. The van der Waals surface area contributed by atoms with E-state index >= 15 is 0 Å². The zero-order valence-electron chi connectivity index (χ0n) is 33.4. The van der Waals surface area contributed by atoms with Crippen molar-refractivity contribution in [2.24, 2.45) is 0 Å². The van der Waals surface area contributed by atoms with E-state index in [9.17, 15) is 14.4 Å². The number of hydrogen-bond donors (Lipinski definition) is 4. The van der Waals surface area contributed by atoms with E-state index in [1.807, 2.05) is 0 Å². The summed E-state index contributed by atoms with van der Waals surface area (Å²) in [5, 5.41) is 13.1. The minimum atomic E-state index is -1.18. The summed E-state index contributed by atoms with van der Waals surface area (Å²) in [6, 6.07) is 7.92. The summed E-state index contributed by atoms with van der Waals surface area (Å²) < 4.78 is 15.8. The van der Waals surface area contributed by atoms with Gasteiger partial charge in [-0.3, -0.25) is 9.80 Å². The second kappa shape index (κ2) is 25.9. The van der Waals surface area contributed by atoms with Gasteiger partial charge in [0, 0.05) is 45.8 Å². The lowest BCUT2D eigenvalue weighted by Crippen LogP contribution is -2.48.